The highest BCUT2D eigenvalue weighted by Crippen LogP contribution is 2.31. The van der Waals surface area contributed by atoms with Crippen LogP contribution in [0, 0.1) is 23.7 Å². The average Bonchev–Trinajstić information content (AvgIpc) is 3.46. The first-order valence-corrected chi connectivity index (χ1v) is 14.9. The summed E-state index contributed by atoms with van der Waals surface area (Å²) >= 11 is 0. The van der Waals surface area contributed by atoms with Gasteiger partial charge in [-0.15, -0.1) is 0 Å². The molecule has 0 unspecified atom stereocenters. The summed E-state index contributed by atoms with van der Waals surface area (Å²) in [6.07, 6.45) is 9.45. The minimum Gasteiger partial charge on any atom is -0.394 e. The number of carbonyl (C=O) groups is 6. The molecule has 0 radical (unpaired) electrons. The third-order valence-corrected chi connectivity index (χ3v) is 7.86. The molecule has 1 aromatic heterocycles. The fourth-order valence-corrected chi connectivity index (χ4v) is 5.47. The molecule has 1 fully saturated rings. The van der Waals surface area contributed by atoms with Crippen LogP contribution in [0.4, 0.5) is 0 Å². The van der Waals surface area contributed by atoms with E-state index >= 15 is 0 Å². The molecule has 2 rings (SSSR count). The molecule has 0 saturated heterocycles. The Hall–Kier alpha value is -3.41. The van der Waals surface area contributed by atoms with E-state index in [1.807, 2.05) is 0 Å². The molecule has 1 saturated carbocycles. The van der Waals surface area contributed by atoms with Crippen molar-refractivity contribution in [2.45, 2.75) is 104 Å². The predicted molar refractivity (Wildman–Crippen MR) is 155 cm³/mol. The van der Waals surface area contributed by atoms with Crippen LogP contribution in [0.1, 0.15) is 84.8 Å². The Morgan fingerprint density at radius 1 is 1.00 bits per heavy atom. The van der Waals surface area contributed by atoms with Crippen LogP contribution in [0.2, 0.25) is 0 Å². The van der Waals surface area contributed by atoms with Crippen LogP contribution in [-0.4, -0.2) is 75.4 Å². The summed E-state index contributed by atoms with van der Waals surface area (Å²) in [4.78, 5) is 82.5. The van der Waals surface area contributed by atoms with Gasteiger partial charge in [-0.3, -0.25) is 24.0 Å². The fourth-order valence-electron chi connectivity index (χ4n) is 5.47. The maximum Gasteiger partial charge on any atom is 0.224 e. The van der Waals surface area contributed by atoms with Crippen LogP contribution in [0.15, 0.2) is 12.5 Å². The van der Waals surface area contributed by atoms with Crippen molar-refractivity contribution in [3.8, 4) is 0 Å². The minimum absolute atomic E-state index is 0.0937. The Balaban J connectivity index is 2.10. The Kier molecular flexibility index (Phi) is 14.5. The first-order chi connectivity index (χ1) is 19.9. The van der Waals surface area contributed by atoms with Gasteiger partial charge in [0.2, 0.25) is 17.7 Å². The molecule has 0 aliphatic heterocycles. The monoisotopic (exact) mass is 589 g/mol. The van der Waals surface area contributed by atoms with E-state index < -0.39 is 54.2 Å². The highest BCUT2D eigenvalue weighted by atomic mass is 16.3. The molecule has 1 aliphatic rings. The smallest absolute Gasteiger partial charge is 0.224 e. The van der Waals surface area contributed by atoms with Gasteiger partial charge in [-0.25, -0.2) is 4.98 Å². The lowest BCUT2D eigenvalue weighted by atomic mass is 9.80. The number of nitrogens with one attached hydrogen (secondary N) is 4. The largest absolute Gasteiger partial charge is 0.394 e. The van der Waals surface area contributed by atoms with Gasteiger partial charge >= 0.3 is 0 Å². The molecule has 5 atom stereocenters. The molecular formula is C30H47N5O7. The molecule has 0 spiro atoms. The number of aliphatic hydroxyl groups excluding tert-OH is 1. The number of aliphatic hydroxyl groups is 1. The Labute approximate surface area is 247 Å². The minimum atomic E-state index is -1.11. The number of nitrogens with zero attached hydrogens (tertiary/aromatic N) is 1. The van der Waals surface area contributed by atoms with Gasteiger partial charge < -0.3 is 30.8 Å². The van der Waals surface area contributed by atoms with Crippen molar-refractivity contribution in [3.63, 3.8) is 0 Å². The van der Waals surface area contributed by atoms with Gasteiger partial charge in [-0.1, -0.05) is 52.9 Å². The molecule has 12 nitrogen and oxygen atoms in total. The van der Waals surface area contributed by atoms with E-state index in [0.717, 1.165) is 32.1 Å². The number of carbonyl (C=O) groups excluding carboxylic acids is 6. The number of aldehydes is 1. The third kappa shape index (κ3) is 11.5. The maximum atomic E-state index is 13.6. The summed E-state index contributed by atoms with van der Waals surface area (Å²) < 4.78 is 0. The van der Waals surface area contributed by atoms with Crippen LogP contribution in [-0.2, 0) is 35.2 Å². The van der Waals surface area contributed by atoms with Gasteiger partial charge in [-0.05, 0) is 18.3 Å². The molecule has 1 aromatic rings. The van der Waals surface area contributed by atoms with Crippen molar-refractivity contribution in [1.82, 2.24) is 25.9 Å². The highest BCUT2D eigenvalue weighted by molar-refractivity contribution is 5.95. The molecule has 12 heteroatoms. The Bertz CT molecular complexity index is 1050. The summed E-state index contributed by atoms with van der Waals surface area (Å²) in [6.45, 7) is 5.76. The number of ketones is 2. The van der Waals surface area contributed by atoms with Crippen LogP contribution in [0.3, 0.4) is 0 Å². The van der Waals surface area contributed by atoms with Crippen molar-refractivity contribution >= 4 is 35.6 Å². The van der Waals surface area contributed by atoms with Gasteiger partial charge in [0.25, 0.3) is 0 Å². The van der Waals surface area contributed by atoms with Crippen molar-refractivity contribution in [2.24, 2.45) is 23.7 Å². The number of aromatic amines is 1. The summed E-state index contributed by atoms with van der Waals surface area (Å²) in [5.41, 5.74) is 0.699. The number of hydrogen-bond donors (Lipinski definition) is 5. The van der Waals surface area contributed by atoms with Crippen LogP contribution < -0.4 is 16.0 Å². The molecular weight excluding hydrogens is 542 g/mol. The highest BCUT2D eigenvalue weighted by Gasteiger charge is 2.33. The van der Waals surface area contributed by atoms with Gasteiger partial charge in [0.05, 0.1) is 25.0 Å². The average molecular weight is 590 g/mol. The van der Waals surface area contributed by atoms with E-state index in [0.29, 0.717) is 24.3 Å². The first kappa shape index (κ1) is 34.8. The SMILES string of the molecule is CC(=O)N[C@@H](CO)C(=O)C[C@@H](C)C(=O)N[C@H](C(=O)C[C@@H](CC1CCCCC1)C(=O)N[C@H](C=O)Cc1cnc[nH]1)C(C)C. The van der Waals surface area contributed by atoms with E-state index in [1.165, 1.54) is 20.2 Å². The molecule has 42 heavy (non-hydrogen) atoms. The Morgan fingerprint density at radius 2 is 1.69 bits per heavy atom. The molecule has 234 valence electrons. The number of Topliss-reactive ketones (excluding diaryl/α,β-unsaturated/α-hetero) is 2. The van der Waals surface area contributed by atoms with E-state index in [-0.39, 0.29) is 36.9 Å². The van der Waals surface area contributed by atoms with Crippen LogP contribution in [0.5, 0.6) is 0 Å². The van der Waals surface area contributed by atoms with Gasteiger partial charge in [-0.2, -0.15) is 0 Å². The topological polar surface area (TPSA) is 187 Å². The maximum absolute atomic E-state index is 13.6. The van der Waals surface area contributed by atoms with Gasteiger partial charge in [0.15, 0.2) is 11.6 Å². The lowest BCUT2D eigenvalue weighted by molar-refractivity contribution is -0.135. The summed E-state index contributed by atoms with van der Waals surface area (Å²) in [5.74, 6) is -3.60. The number of rotatable bonds is 18. The first-order valence-electron chi connectivity index (χ1n) is 14.9. The summed E-state index contributed by atoms with van der Waals surface area (Å²) in [5, 5.41) is 17.3. The van der Waals surface area contributed by atoms with Crippen molar-refractivity contribution in [3.05, 3.63) is 18.2 Å². The zero-order valence-corrected chi connectivity index (χ0v) is 25.2. The fraction of sp³-hybridized carbons (Fsp3) is 0.700. The van der Waals surface area contributed by atoms with Gasteiger partial charge in [0, 0.05) is 49.9 Å². The zero-order valence-electron chi connectivity index (χ0n) is 25.2. The van der Waals surface area contributed by atoms with Crippen molar-refractivity contribution in [1.29, 1.82) is 0 Å². The number of amides is 3. The number of H-pyrrole nitrogens is 1. The van der Waals surface area contributed by atoms with Crippen LogP contribution in [0.25, 0.3) is 0 Å². The van der Waals surface area contributed by atoms with E-state index in [2.05, 4.69) is 25.9 Å². The molecule has 5 N–H and O–H groups in total. The lowest BCUT2D eigenvalue weighted by Gasteiger charge is -2.29. The lowest BCUT2D eigenvalue weighted by Crippen LogP contribution is -2.49. The number of hydrogen-bond acceptors (Lipinski definition) is 8. The van der Waals surface area contributed by atoms with E-state index in [9.17, 15) is 33.9 Å². The molecule has 1 aliphatic carbocycles. The second-order valence-electron chi connectivity index (χ2n) is 11.9. The molecule has 0 aromatic carbocycles. The quantitative estimate of drug-likeness (QED) is 0.159. The molecule has 0 bridgehead atoms. The Morgan fingerprint density at radius 3 is 2.24 bits per heavy atom. The third-order valence-electron chi connectivity index (χ3n) is 7.86. The van der Waals surface area contributed by atoms with E-state index in [4.69, 9.17) is 0 Å². The second-order valence-corrected chi connectivity index (χ2v) is 11.9. The molecule has 1 heterocycles. The second kappa shape index (κ2) is 17.5. The predicted octanol–water partition coefficient (Wildman–Crippen LogP) is 1.41. The summed E-state index contributed by atoms with van der Waals surface area (Å²) in [7, 11) is 0. The zero-order chi connectivity index (χ0) is 31.2. The van der Waals surface area contributed by atoms with Gasteiger partial charge in [0.1, 0.15) is 12.3 Å². The number of aromatic nitrogens is 2. The number of imidazole rings is 1. The molecule has 3 amide bonds. The van der Waals surface area contributed by atoms with Crippen molar-refractivity contribution < 1.29 is 33.9 Å². The normalized spacial score (nSPS) is 17.4. The van der Waals surface area contributed by atoms with E-state index in [1.54, 1.807) is 20.0 Å². The van der Waals surface area contributed by atoms with Crippen LogP contribution >= 0.6 is 0 Å². The summed E-state index contributed by atoms with van der Waals surface area (Å²) in [6, 6.07) is -2.77. The standard InChI is InChI=1S/C30H47N5O7/c1-18(2)28(35-29(41)19(3)10-26(39)25(16-37)33-20(4)38)27(40)12-22(11-21-8-6-5-7-9-21)30(42)34-24(15-36)13-23-14-31-17-32-23/h14-15,17-19,21-22,24-25,28,37H,5-13,16H2,1-4H3,(H,31,32)(H,33,38)(H,34,42)(H,35,41)/t19-,22-,24+,25+,28+/m1/s1. The van der Waals surface area contributed by atoms with Crippen molar-refractivity contribution in [2.75, 3.05) is 6.61 Å².